The van der Waals surface area contributed by atoms with E-state index in [-0.39, 0.29) is 29.3 Å². The Labute approximate surface area is 211 Å². The number of benzene rings is 2. The highest BCUT2D eigenvalue weighted by molar-refractivity contribution is 6.49. The van der Waals surface area contributed by atoms with Gasteiger partial charge >= 0.3 is 0 Å². The summed E-state index contributed by atoms with van der Waals surface area (Å²) in [6, 6.07) is 7.03. The highest BCUT2D eigenvalue weighted by Crippen LogP contribution is 2.40. The number of halogens is 3. The molecule has 4 atom stereocenters. The first-order valence-corrected chi connectivity index (χ1v) is 11.8. The van der Waals surface area contributed by atoms with Gasteiger partial charge < -0.3 is 29.0 Å². The minimum atomic E-state index is -0.0633. The Bertz CT molecular complexity index is 1210. The summed E-state index contributed by atoms with van der Waals surface area (Å²) in [5, 5.41) is 4.85. The maximum atomic E-state index is 6.35. The molecule has 0 radical (unpaired) electrons. The first-order valence-electron chi connectivity index (χ1n) is 10.6. The fraction of sp³-hybridized carbons (Fsp3) is 0.391. The summed E-state index contributed by atoms with van der Waals surface area (Å²) in [6.07, 6.45) is 1.30. The highest BCUT2D eigenvalue weighted by atomic mass is 35.5. The molecule has 1 N–H and O–H groups in total. The molecule has 8 nitrogen and oxygen atoms in total. The molecule has 34 heavy (non-hydrogen) atoms. The van der Waals surface area contributed by atoms with Crippen LogP contribution in [0.3, 0.4) is 0 Å². The molecule has 2 aliphatic heterocycles. The Morgan fingerprint density at radius 2 is 1.82 bits per heavy atom. The average molecular weight is 527 g/mol. The van der Waals surface area contributed by atoms with Crippen molar-refractivity contribution < 1.29 is 23.7 Å². The minimum Gasteiger partial charge on any atom is -0.493 e. The van der Waals surface area contributed by atoms with Crippen LogP contribution >= 0.6 is 34.8 Å². The monoisotopic (exact) mass is 525 g/mol. The number of hydrogen-bond donors (Lipinski definition) is 1. The molecule has 0 spiro atoms. The normalized spacial score (nSPS) is 23.8. The second kappa shape index (κ2) is 9.89. The van der Waals surface area contributed by atoms with Gasteiger partial charge in [0, 0.05) is 24.5 Å². The Hall–Kier alpha value is -2.07. The predicted octanol–water partition coefficient (Wildman–Crippen LogP) is 5.15. The first-order chi connectivity index (χ1) is 16.5. The zero-order valence-corrected chi connectivity index (χ0v) is 20.7. The van der Waals surface area contributed by atoms with Gasteiger partial charge in [-0.3, -0.25) is 0 Å². The number of ether oxygens (including phenoxy) is 5. The van der Waals surface area contributed by atoms with Crippen LogP contribution in [-0.2, 0) is 14.2 Å². The second-order valence-electron chi connectivity index (χ2n) is 8.03. The quantitative estimate of drug-likeness (QED) is 0.423. The number of fused-ring (bicyclic) bond motifs is 2. The van der Waals surface area contributed by atoms with Gasteiger partial charge in [-0.25, -0.2) is 9.97 Å². The molecule has 2 fully saturated rings. The Morgan fingerprint density at radius 1 is 1.00 bits per heavy atom. The topological polar surface area (TPSA) is 84.0 Å². The van der Waals surface area contributed by atoms with E-state index in [2.05, 4.69) is 15.3 Å². The molecule has 2 aliphatic rings. The zero-order valence-electron chi connectivity index (χ0n) is 18.4. The van der Waals surface area contributed by atoms with Crippen molar-refractivity contribution in [2.24, 2.45) is 5.92 Å². The standard InChI is InChI=1S/C23H22Cl3N3O5/c1-30-16-5-12-15(27-10-28-23(12)29-14-4-3-13(24)19(25)20(14)26)6-17(16)32-7-11-8-33-22-18(31-2)9-34-21(11)22/h3-6,10-11,18,21-22H,7-9H2,1-2H3,(H,27,28,29)/t11?,18-,21+,22+/m0/s1. The smallest absolute Gasteiger partial charge is 0.163 e. The molecule has 5 rings (SSSR count). The van der Waals surface area contributed by atoms with Gasteiger partial charge in [0.25, 0.3) is 0 Å². The summed E-state index contributed by atoms with van der Waals surface area (Å²) in [6.45, 7) is 1.48. The average Bonchev–Trinajstić information content (AvgIpc) is 3.44. The molecule has 180 valence electrons. The molecule has 0 saturated carbocycles. The van der Waals surface area contributed by atoms with Crippen LogP contribution in [0.5, 0.6) is 11.5 Å². The van der Waals surface area contributed by atoms with Gasteiger partial charge in [0.15, 0.2) is 11.5 Å². The van der Waals surface area contributed by atoms with E-state index < -0.39 is 0 Å². The van der Waals surface area contributed by atoms with Crippen LogP contribution in [-0.4, -0.2) is 62.3 Å². The number of aromatic nitrogens is 2. The van der Waals surface area contributed by atoms with E-state index >= 15 is 0 Å². The fourth-order valence-electron chi connectivity index (χ4n) is 4.27. The minimum absolute atomic E-state index is 0.0446. The van der Waals surface area contributed by atoms with E-state index in [0.29, 0.717) is 58.4 Å². The van der Waals surface area contributed by atoms with E-state index in [1.54, 1.807) is 26.4 Å². The van der Waals surface area contributed by atoms with Crippen molar-refractivity contribution in [3.63, 3.8) is 0 Å². The molecule has 2 saturated heterocycles. The van der Waals surface area contributed by atoms with Gasteiger partial charge in [0.1, 0.15) is 24.4 Å². The van der Waals surface area contributed by atoms with Crippen LogP contribution in [0, 0.1) is 5.92 Å². The lowest BCUT2D eigenvalue weighted by Crippen LogP contribution is -2.32. The van der Waals surface area contributed by atoms with Crippen LogP contribution < -0.4 is 14.8 Å². The van der Waals surface area contributed by atoms with E-state index in [1.807, 2.05) is 12.1 Å². The third kappa shape index (κ3) is 4.34. The Balaban J connectivity index is 1.38. The third-order valence-electron chi connectivity index (χ3n) is 6.08. The molecule has 1 aromatic heterocycles. The van der Waals surface area contributed by atoms with Gasteiger partial charge in [-0.15, -0.1) is 0 Å². The van der Waals surface area contributed by atoms with E-state index in [4.69, 9.17) is 58.5 Å². The lowest BCUT2D eigenvalue weighted by atomic mass is 10.0. The Morgan fingerprint density at radius 3 is 2.62 bits per heavy atom. The zero-order chi connectivity index (χ0) is 23.8. The summed E-state index contributed by atoms with van der Waals surface area (Å²) in [5.41, 5.74) is 1.23. The first kappa shape index (κ1) is 23.7. The maximum absolute atomic E-state index is 6.35. The molecule has 0 bridgehead atoms. The van der Waals surface area contributed by atoms with Crippen molar-refractivity contribution in [3.8, 4) is 11.5 Å². The molecule has 3 aromatic rings. The molecule has 11 heteroatoms. The molecule has 2 aromatic carbocycles. The number of nitrogens with zero attached hydrogens (tertiary/aromatic N) is 2. The van der Waals surface area contributed by atoms with Crippen LogP contribution in [0.1, 0.15) is 0 Å². The largest absolute Gasteiger partial charge is 0.493 e. The lowest BCUT2D eigenvalue weighted by Gasteiger charge is -2.18. The second-order valence-corrected chi connectivity index (χ2v) is 9.19. The van der Waals surface area contributed by atoms with Crippen molar-refractivity contribution >= 4 is 57.2 Å². The fourth-order valence-corrected chi connectivity index (χ4v) is 4.85. The van der Waals surface area contributed by atoms with E-state index in [9.17, 15) is 0 Å². The van der Waals surface area contributed by atoms with Gasteiger partial charge in [-0.05, 0) is 18.2 Å². The van der Waals surface area contributed by atoms with Crippen molar-refractivity contribution in [3.05, 3.63) is 45.7 Å². The highest BCUT2D eigenvalue weighted by Gasteiger charge is 2.48. The predicted molar refractivity (Wildman–Crippen MR) is 130 cm³/mol. The summed E-state index contributed by atoms with van der Waals surface area (Å²) in [4.78, 5) is 8.76. The molecule has 0 aliphatic carbocycles. The summed E-state index contributed by atoms with van der Waals surface area (Å²) < 4.78 is 29.0. The number of methoxy groups -OCH3 is 2. The van der Waals surface area contributed by atoms with E-state index in [0.717, 1.165) is 5.39 Å². The van der Waals surface area contributed by atoms with Gasteiger partial charge in [0.05, 0.1) is 59.3 Å². The number of nitrogens with one attached hydrogen (secondary N) is 1. The maximum Gasteiger partial charge on any atom is 0.163 e. The van der Waals surface area contributed by atoms with Crippen LogP contribution in [0.4, 0.5) is 11.5 Å². The Kier molecular flexibility index (Phi) is 6.88. The van der Waals surface area contributed by atoms with Gasteiger partial charge in [-0.2, -0.15) is 0 Å². The van der Waals surface area contributed by atoms with E-state index in [1.165, 1.54) is 6.33 Å². The van der Waals surface area contributed by atoms with Crippen molar-refractivity contribution in [1.82, 2.24) is 9.97 Å². The van der Waals surface area contributed by atoms with Gasteiger partial charge in [0.2, 0.25) is 0 Å². The molecular weight excluding hydrogens is 505 g/mol. The number of rotatable bonds is 7. The molecule has 3 heterocycles. The van der Waals surface area contributed by atoms with Crippen molar-refractivity contribution in [2.75, 3.05) is 39.4 Å². The SMILES string of the molecule is COc1cc2c(Nc3ccc(Cl)c(Cl)c3Cl)ncnc2cc1OCC1CO[C@@H]2[C@@H](OC)CO[C@H]12. The van der Waals surface area contributed by atoms with Crippen molar-refractivity contribution in [2.45, 2.75) is 18.3 Å². The number of hydrogen-bond acceptors (Lipinski definition) is 8. The molecular formula is C23H22Cl3N3O5. The summed E-state index contributed by atoms with van der Waals surface area (Å²) in [7, 11) is 3.25. The summed E-state index contributed by atoms with van der Waals surface area (Å²) >= 11 is 18.6. The van der Waals surface area contributed by atoms with Crippen molar-refractivity contribution in [1.29, 1.82) is 0 Å². The van der Waals surface area contributed by atoms with Crippen LogP contribution in [0.25, 0.3) is 10.9 Å². The number of anilines is 2. The molecule has 0 amide bonds. The third-order valence-corrected chi connectivity index (χ3v) is 7.37. The van der Waals surface area contributed by atoms with Crippen LogP contribution in [0.15, 0.2) is 30.6 Å². The lowest BCUT2D eigenvalue weighted by molar-refractivity contribution is -0.0104. The van der Waals surface area contributed by atoms with Crippen LogP contribution in [0.2, 0.25) is 15.1 Å². The van der Waals surface area contributed by atoms with Gasteiger partial charge in [-0.1, -0.05) is 34.8 Å². The summed E-state index contributed by atoms with van der Waals surface area (Å²) in [5.74, 6) is 1.73. The molecule has 1 unspecified atom stereocenters.